The van der Waals surface area contributed by atoms with E-state index in [2.05, 4.69) is 0 Å². The average Bonchev–Trinajstić information content (AvgIpc) is 2.33. The van der Waals surface area contributed by atoms with E-state index in [1.807, 2.05) is 11.4 Å². The van der Waals surface area contributed by atoms with Gasteiger partial charge in [-0.05, 0) is 17.0 Å². The van der Waals surface area contributed by atoms with E-state index >= 15 is 0 Å². The molecule has 1 rings (SSSR count). The van der Waals surface area contributed by atoms with E-state index in [1.54, 1.807) is 0 Å². The SMILES string of the molecule is OCc1ccsc1CO. The first-order chi connectivity index (χ1) is 4.38. The van der Waals surface area contributed by atoms with E-state index in [-0.39, 0.29) is 13.2 Å². The Morgan fingerprint density at radius 1 is 1.33 bits per heavy atom. The Bertz CT molecular complexity index is 164. The molecule has 0 aliphatic rings. The molecule has 0 saturated heterocycles. The van der Waals surface area contributed by atoms with E-state index in [0.29, 0.717) is 0 Å². The second-order valence-corrected chi connectivity index (χ2v) is 2.69. The number of rotatable bonds is 2. The van der Waals surface area contributed by atoms with Gasteiger partial charge in [0.1, 0.15) is 0 Å². The van der Waals surface area contributed by atoms with E-state index in [9.17, 15) is 0 Å². The van der Waals surface area contributed by atoms with Gasteiger partial charge in [0.15, 0.2) is 0 Å². The van der Waals surface area contributed by atoms with Crippen molar-refractivity contribution in [2.24, 2.45) is 0 Å². The molecular formula is C6H8O2S. The van der Waals surface area contributed by atoms with Gasteiger partial charge in [0.05, 0.1) is 13.2 Å². The standard InChI is InChI=1S/C6H8O2S/c7-3-5-1-2-9-6(5)4-8/h1-2,7-8H,3-4H2. The summed E-state index contributed by atoms with van der Waals surface area (Å²) in [5.74, 6) is 0. The first kappa shape index (κ1) is 6.74. The van der Waals surface area contributed by atoms with E-state index in [0.717, 1.165) is 10.4 Å². The normalized spacial score (nSPS) is 10.0. The summed E-state index contributed by atoms with van der Waals surface area (Å²) in [4.78, 5) is 0.859. The number of aliphatic hydroxyl groups is 2. The zero-order valence-corrected chi connectivity index (χ0v) is 5.69. The monoisotopic (exact) mass is 144 g/mol. The highest BCUT2D eigenvalue weighted by Crippen LogP contribution is 2.15. The third kappa shape index (κ3) is 1.30. The van der Waals surface area contributed by atoms with Gasteiger partial charge >= 0.3 is 0 Å². The first-order valence-electron chi connectivity index (χ1n) is 2.65. The van der Waals surface area contributed by atoms with Crippen molar-refractivity contribution in [2.45, 2.75) is 13.2 Å². The molecule has 0 radical (unpaired) electrons. The van der Waals surface area contributed by atoms with Crippen molar-refractivity contribution in [3.8, 4) is 0 Å². The largest absolute Gasteiger partial charge is 0.392 e. The van der Waals surface area contributed by atoms with Crippen LogP contribution in [0.4, 0.5) is 0 Å². The average molecular weight is 144 g/mol. The molecule has 9 heavy (non-hydrogen) atoms. The Hall–Kier alpha value is -0.380. The van der Waals surface area contributed by atoms with Crippen LogP contribution in [0.1, 0.15) is 10.4 Å². The van der Waals surface area contributed by atoms with Crippen LogP contribution in [0.25, 0.3) is 0 Å². The lowest BCUT2D eigenvalue weighted by molar-refractivity contribution is 0.263. The van der Waals surface area contributed by atoms with Gasteiger partial charge in [-0.3, -0.25) is 0 Å². The summed E-state index contributed by atoms with van der Waals surface area (Å²) in [6.07, 6.45) is 0. The van der Waals surface area contributed by atoms with Crippen molar-refractivity contribution < 1.29 is 10.2 Å². The van der Waals surface area contributed by atoms with E-state index < -0.39 is 0 Å². The predicted molar refractivity (Wildman–Crippen MR) is 36.2 cm³/mol. The second-order valence-electron chi connectivity index (χ2n) is 1.69. The maximum atomic E-state index is 8.64. The molecule has 0 aliphatic heterocycles. The third-order valence-corrected chi connectivity index (χ3v) is 2.10. The molecular weight excluding hydrogens is 136 g/mol. The topological polar surface area (TPSA) is 40.5 Å². The molecule has 0 saturated carbocycles. The predicted octanol–water partition coefficient (Wildman–Crippen LogP) is 0.733. The first-order valence-corrected chi connectivity index (χ1v) is 3.53. The summed E-state index contributed by atoms with van der Waals surface area (Å²) < 4.78 is 0. The van der Waals surface area contributed by atoms with Crippen LogP contribution in [0.2, 0.25) is 0 Å². The fourth-order valence-corrected chi connectivity index (χ4v) is 1.40. The molecule has 1 aromatic rings. The summed E-state index contributed by atoms with van der Waals surface area (Å²) >= 11 is 1.46. The molecule has 0 aromatic carbocycles. The molecule has 0 fully saturated rings. The molecule has 2 nitrogen and oxygen atoms in total. The maximum absolute atomic E-state index is 8.64. The smallest absolute Gasteiger partial charge is 0.0778 e. The Labute approximate surface area is 57.4 Å². The summed E-state index contributed by atoms with van der Waals surface area (Å²) in [7, 11) is 0. The number of hydrogen-bond donors (Lipinski definition) is 2. The van der Waals surface area contributed by atoms with Crippen molar-refractivity contribution in [1.82, 2.24) is 0 Å². The van der Waals surface area contributed by atoms with Crippen LogP contribution in [0, 0.1) is 0 Å². The Balaban J connectivity index is 2.85. The summed E-state index contributed by atoms with van der Waals surface area (Å²) in [6.45, 7) is 0.0625. The lowest BCUT2D eigenvalue weighted by atomic mass is 10.3. The summed E-state index contributed by atoms with van der Waals surface area (Å²) in [6, 6.07) is 1.82. The molecule has 0 bridgehead atoms. The molecule has 50 valence electrons. The van der Waals surface area contributed by atoms with Gasteiger partial charge in [-0.2, -0.15) is 0 Å². The molecule has 0 atom stereocenters. The molecule has 1 heterocycles. The van der Waals surface area contributed by atoms with Crippen LogP contribution in [0.3, 0.4) is 0 Å². The molecule has 0 amide bonds. The molecule has 2 N–H and O–H groups in total. The molecule has 1 aromatic heterocycles. The Morgan fingerprint density at radius 2 is 2.11 bits per heavy atom. The summed E-state index contributed by atoms with van der Waals surface area (Å²) in [5, 5.41) is 19.1. The van der Waals surface area contributed by atoms with Crippen LogP contribution in [-0.2, 0) is 13.2 Å². The zero-order valence-electron chi connectivity index (χ0n) is 4.87. The van der Waals surface area contributed by atoms with Gasteiger partial charge in [0.25, 0.3) is 0 Å². The van der Waals surface area contributed by atoms with Crippen LogP contribution in [-0.4, -0.2) is 10.2 Å². The highest BCUT2D eigenvalue weighted by Gasteiger charge is 1.98. The minimum atomic E-state index is 0.0272. The van der Waals surface area contributed by atoms with Crippen LogP contribution >= 0.6 is 11.3 Å². The van der Waals surface area contributed by atoms with Crippen LogP contribution < -0.4 is 0 Å². The fourth-order valence-electron chi connectivity index (χ4n) is 0.647. The van der Waals surface area contributed by atoms with Crippen molar-refractivity contribution in [1.29, 1.82) is 0 Å². The number of hydrogen-bond acceptors (Lipinski definition) is 3. The highest BCUT2D eigenvalue weighted by atomic mass is 32.1. The van der Waals surface area contributed by atoms with Gasteiger partial charge in [-0.1, -0.05) is 0 Å². The quantitative estimate of drug-likeness (QED) is 0.642. The minimum Gasteiger partial charge on any atom is -0.392 e. The second kappa shape index (κ2) is 2.96. The minimum absolute atomic E-state index is 0.0272. The van der Waals surface area contributed by atoms with Crippen LogP contribution in [0.15, 0.2) is 11.4 Å². The van der Waals surface area contributed by atoms with Crippen molar-refractivity contribution in [3.63, 3.8) is 0 Å². The van der Waals surface area contributed by atoms with Gasteiger partial charge < -0.3 is 10.2 Å². The maximum Gasteiger partial charge on any atom is 0.0778 e. The molecule has 0 unspecified atom stereocenters. The number of aliphatic hydroxyl groups excluding tert-OH is 2. The zero-order chi connectivity index (χ0) is 6.69. The fraction of sp³-hybridized carbons (Fsp3) is 0.333. The number of thiophene rings is 1. The van der Waals surface area contributed by atoms with Gasteiger partial charge in [0, 0.05) is 4.88 Å². The third-order valence-electron chi connectivity index (χ3n) is 1.15. The van der Waals surface area contributed by atoms with Gasteiger partial charge in [-0.15, -0.1) is 11.3 Å². The summed E-state index contributed by atoms with van der Waals surface area (Å²) in [5.41, 5.74) is 0.836. The van der Waals surface area contributed by atoms with Crippen LogP contribution in [0.5, 0.6) is 0 Å². The lowest BCUT2D eigenvalue weighted by Crippen LogP contribution is -1.85. The van der Waals surface area contributed by atoms with E-state index in [4.69, 9.17) is 10.2 Å². The van der Waals surface area contributed by atoms with E-state index in [1.165, 1.54) is 11.3 Å². The molecule has 3 heteroatoms. The molecule has 0 aliphatic carbocycles. The van der Waals surface area contributed by atoms with Gasteiger partial charge in [-0.25, -0.2) is 0 Å². The molecule has 0 spiro atoms. The van der Waals surface area contributed by atoms with Crippen molar-refractivity contribution in [2.75, 3.05) is 0 Å². The van der Waals surface area contributed by atoms with Gasteiger partial charge in [0.2, 0.25) is 0 Å². The Kier molecular flexibility index (Phi) is 2.22. The Morgan fingerprint density at radius 3 is 2.56 bits per heavy atom. The van der Waals surface area contributed by atoms with Crippen molar-refractivity contribution >= 4 is 11.3 Å². The van der Waals surface area contributed by atoms with Crippen molar-refractivity contribution in [3.05, 3.63) is 21.9 Å². The lowest BCUT2D eigenvalue weighted by Gasteiger charge is -1.92. The highest BCUT2D eigenvalue weighted by molar-refractivity contribution is 7.10.